The molecule has 0 saturated heterocycles. The smallest absolute Gasteiger partial charge is 0.0880 e. The van der Waals surface area contributed by atoms with Gasteiger partial charge in [-0.3, -0.25) is 0 Å². The number of hydrogen-bond acceptors (Lipinski definition) is 4. The first-order valence-electron chi connectivity index (χ1n) is 3.85. The second kappa shape index (κ2) is 2.17. The average Bonchev–Trinajstić information content (AvgIpc) is 2.31. The van der Waals surface area contributed by atoms with E-state index in [2.05, 4.69) is 0 Å². The van der Waals surface area contributed by atoms with E-state index in [1.54, 1.807) is 0 Å². The lowest BCUT2D eigenvalue weighted by Gasteiger charge is -2.25. The third-order valence-corrected chi connectivity index (χ3v) is 2.97. The molecular weight excluding hydrogens is 148 g/mol. The van der Waals surface area contributed by atoms with Gasteiger partial charge in [-0.15, -0.1) is 0 Å². The Bertz CT molecular complexity index is 168. The molecule has 4 heteroatoms. The zero-order valence-electron chi connectivity index (χ0n) is 5.96. The molecule has 2 aliphatic rings. The van der Waals surface area contributed by atoms with Crippen LogP contribution in [0.2, 0.25) is 0 Å². The summed E-state index contributed by atoms with van der Waals surface area (Å²) in [6, 6.07) is 0. The van der Waals surface area contributed by atoms with Gasteiger partial charge in [0.15, 0.2) is 0 Å². The molecule has 0 aromatic heterocycles. The van der Waals surface area contributed by atoms with E-state index in [1.165, 1.54) is 0 Å². The van der Waals surface area contributed by atoms with Crippen LogP contribution in [-0.2, 0) is 0 Å². The van der Waals surface area contributed by atoms with E-state index in [9.17, 15) is 20.4 Å². The summed E-state index contributed by atoms with van der Waals surface area (Å²) in [5.74, 6) is -0.861. The van der Waals surface area contributed by atoms with Crippen molar-refractivity contribution >= 4 is 0 Å². The Hall–Kier alpha value is -0.160. The minimum Gasteiger partial charge on any atom is -0.393 e. The van der Waals surface area contributed by atoms with Crippen molar-refractivity contribution < 1.29 is 20.4 Å². The molecule has 6 atom stereocenters. The van der Waals surface area contributed by atoms with Crippen molar-refractivity contribution in [2.75, 3.05) is 0 Å². The molecule has 0 aromatic rings. The van der Waals surface area contributed by atoms with Crippen molar-refractivity contribution in [2.45, 2.75) is 30.8 Å². The fourth-order valence-corrected chi connectivity index (χ4v) is 2.34. The quantitative estimate of drug-likeness (QED) is 0.333. The van der Waals surface area contributed by atoms with Gasteiger partial charge in [0.25, 0.3) is 0 Å². The third kappa shape index (κ3) is 0.780. The highest BCUT2D eigenvalue weighted by Gasteiger charge is 2.57. The number of aliphatic hydroxyl groups is 4. The van der Waals surface area contributed by atoms with Crippen molar-refractivity contribution in [3.63, 3.8) is 0 Å². The zero-order chi connectivity index (χ0) is 8.17. The molecule has 64 valence electrons. The molecule has 2 rings (SSSR count). The van der Waals surface area contributed by atoms with Crippen LogP contribution < -0.4 is 0 Å². The maximum atomic E-state index is 9.36. The van der Waals surface area contributed by atoms with Gasteiger partial charge >= 0.3 is 0 Å². The molecule has 0 aromatic carbocycles. The van der Waals surface area contributed by atoms with Crippen molar-refractivity contribution in [1.29, 1.82) is 0 Å². The van der Waals surface area contributed by atoms with Gasteiger partial charge in [-0.2, -0.15) is 0 Å². The van der Waals surface area contributed by atoms with Gasteiger partial charge < -0.3 is 20.4 Å². The average molecular weight is 160 g/mol. The predicted octanol–water partition coefficient (Wildman–Crippen LogP) is -1.92. The molecule has 2 fully saturated rings. The molecule has 0 amide bonds. The topological polar surface area (TPSA) is 80.9 Å². The minimum atomic E-state index is -0.946. The Morgan fingerprint density at radius 2 is 1.45 bits per heavy atom. The summed E-state index contributed by atoms with van der Waals surface area (Å²) in [5.41, 5.74) is 0. The highest BCUT2D eigenvalue weighted by Crippen LogP contribution is 2.44. The van der Waals surface area contributed by atoms with Gasteiger partial charge in [0.1, 0.15) is 0 Å². The number of aliphatic hydroxyl groups excluding tert-OH is 4. The first-order valence-corrected chi connectivity index (χ1v) is 3.85. The lowest BCUT2D eigenvalue weighted by atomic mass is 9.93. The second-order valence-corrected chi connectivity index (χ2v) is 3.52. The first kappa shape index (κ1) is 7.49. The van der Waals surface area contributed by atoms with Crippen LogP contribution in [-0.4, -0.2) is 44.8 Å². The standard InChI is InChI=1S/C7H12O4/c8-3-1-2-5(9)4(3)7(11)6(2)10/h2-11H,1H2/t2-,3?,4-,5?,6+,7-/m1/s1. The molecule has 2 unspecified atom stereocenters. The Morgan fingerprint density at radius 3 is 1.82 bits per heavy atom. The maximum Gasteiger partial charge on any atom is 0.0880 e. The Kier molecular flexibility index (Phi) is 1.47. The van der Waals surface area contributed by atoms with Gasteiger partial charge in [0.2, 0.25) is 0 Å². The van der Waals surface area contributed by atoms with E-state index in [1.807, 2.05) is 0 Å². The monoisotopic (exact) mass is 160 g/mol. The summed E-state index contributed by atoms with van der Waals surface area (Å²) in [7, 11) is 0. The van der Waals surface area contributed by atoms with Gasteiger partial charge in [-0.05, 0) is 6.42 Å². The highest BCUT2D eigenvalue weighted by molar-refractivity contribution is 5.07. The third-order valence-electron chi connectivity index (χ3n) is 2.97. The van der Waals surface area contributed by atoms with Crippen molar-refractivity contribution in [1.82, 2.24) is 0 Å². The molecule has 0 radical (unpaired) electrons. The number of fused-ring (bicyclic) bond motifs is 2. The lowest BCUT2D eigenvalue weighted by molar-refractivity contribution is -0.0606. The molecule has 4 nitrogen and oxygen atoms in total. The van der Waals surface area contributed by atoms with Crippen LogP contribution in [0.4, 0.5) is 0 Å². The summed E-state index contributed by atoms with van der Waals surface area (Å²) in [6.07, 6.45) is -2.76. The van der Waals surface area contributed by atoms with E-state index >= 15 is 0 Å². The molecule has 0 spiro atoms. The van der Waals surface area contributed by atoms with Crippen molar-refractivity contribution in [3.8, 4) is 0 Å². The Labute approximate surface area is 64.1 Å². The second-order valence-electron chi connectivity index (χ2n) is 3.52. The summed E-state index contributed by atoms with van der Waals surface area (Å²) >= 11 is 0. The molecular formula is C7H12O4. The van der Waals surface area contributed by atoms with Crippen LogP contribution in [0.25, 0.3) is 0 Å². The van der Waals surface area contributed by atoms with Gasteiger partial charge in [0.05, 0.1) is 24.4 Å². The van der Waals surface area contributed by atoms with Crippen molar-refractivity contribution in [2.24, 2.45) is 11.8 Å². The van der Waals surface area contributed by atoms with Crippen LogP contribution >= 0.6 is 0 Å². The Balaban J connectivity index is 2.24. The summed E-state index contributed by atoms with van der Waals surface area (Å²) < 4.78 is 0. The highest BCUT2D eigenvalue weighted by atomic mass is 16.4. The fourth-order valence-electron chi connectivity index (χ4n) is 2.34. The van der Waals surface area contributed by atoms with E-state index in [-0.39, 0.29) is 5.92 Å². The SMILES string of the molecule is OC1C[C@@H]2C(O)[C@@H]1[C@@H](O)[C@H]2O. The van der Waals surface area contributed by atoms with Crippen LogP contribution in [0.15, 0.2) is 0 Å². The molecule has 2 aliphatic carbocycles. The van der Waals surface area contributed by atoms with Crippen LogP contribution in [0.1, 0.15) is 6.42 Å². The molecule has 11 heavy (non-hydrogen) atoms. The van der Waals surface area contributed by atoms with E-state index < -0.39 is 30.3 Å². The van der Waals surface area contributed by atoms with E-state index in [0.29, 0.717) is 6.42 Å². The maximum absolute atomic E-state index is 9.36. The molecule has 2 saturated carbocycles. The number of rotatable bonds is 0. The first-order chi connectivity index (χ1) is 5.13. The van der Waals surface area contributed by atoms with E-state index in [4.69, 9.17) is 0 Å². The number of hydrogen-bond donors (Lipinski definition) is 4. The van der Waals surface area contributed by atoms with Crippen LogP contribution in [0.5, 0.6) is 0 Å². The van der Waals surface area contributed by atoms with Crippen LogP contribution in [0, 0.1) is 11.8 Å². The lowest BCUT2D eigenvalue weighted by Crippen LogP contribution is -2.39. The summed E-state index contributed by atoms with van der Waals surface area (Å²) in [4.78, 5) is 0. The summed E-state index contributed by atoms with van der Waals surface area (Å²) in [5, 5.41) is 37.1. The fraction of sp³-hybridized carbons (Fsp3) is 1.00. The van der Waals surface area contributed by atoms with Crippen LogP contribution in [0.3, 0.4) is 0 Å². The zero-order valence-corrected chi connectivity index (χ0v) is 5.96. The van der Waals surface area contributed by atoms with Gasteiger partial charge in [-0.25, -0.2) is 0 Å². The molecule has 0 aliphatic heterocycles. The normalized spacial score (nSPS) is 62.2. The largest absolute Gasteiger partial charge is 0.393 e. The molecule has 0 heterocycles. The van der Waals surface area contributed by atoms with Gasteiger partial charge in [-0.1, -0.05) is 0 Å². The molecule has 4 N–H and O–H groups in total. The van der Waals surface area contributed by atoms with Crippen molar-refractivity contribution in [3.05, 3.63) is 0 Å². The molecule has 2 bridgehead atoms. The predicted molar refractivity (Wildman–Crippen MR) is 35.6 cm³/mol. The van der Waals surface area contributed by atoms with Gasteiger partial charge in [0, 0.05) is 11.8 Å². The van der Waals surface area contributed by atoms with E-state index in [0.717, 1.165) is 0 Å². The Morgan fingerprint density at radius 1 is 0.818 bits per heavy atom. The summed E-state index contributed by atoms with van der Waals surface area (Å²) in [6.45, 7) is 0. The minimum absolute atomic E-state index is 0.329.